The van der Waals surface area contributed by atoms with E-state index in [-0.39, 0.29) is 12.3 Å². The Bertz CT molecular complexity index is 1180. The van der Waals surface area contributed by atoms with Crippen molar-refractivity contribution in [3.8, 4) is 17.1 Å². The Kier molecular flexibility index (Phi) is 7.26. The lowest BCUT2D eigenvalue weighted by Gasteiger charge is -2.35. The third-order valence-corrected chi connectivity index (χ3v) is 5.76. The lowest BCUT2D eigenvalue weighted by Crippen LogP contribution is -2.38. The molecule has 2 saturated heterocycles. The van der Waals surface area contributed by atoms with Crippen LogP contribution < -0.4 is 20.3 Å². The van der Waals surface area contributed by atoms with Crippen LogP contribution in [0.15, 0.2) is 54.6 Å². The first-order chi connectivity index (χ1) is 17.6. The van der Waals surface area contributed by atoms with Gasteiger partial charge in [-0.3, -0.25) is 0 Å². The number of para-hydroxylation sites is 1. The highest BCUT2D eigenvalue weighted by Crippen LogP contribution is 2.41. The predicted octanol–water partition coefficient (Wildman–Crippen LogP) is 4.41. The van der Waals surface area contributed by atoms with Crippen molar-refractivity contribution in [1.82, 2.24) is 9.97 Å². The lowest BCUT2D eigenvalue weighted by atomic mass is 10.1. The number of ether oxygens (including phenoxy) is 4. The number of aromatic nitrogens is 2. The van der Waals surface area contributed by atoms with Crippen LogP contribution in [0.25, 0.3) is 11.4 Å². The number of nitrogens with zero attached hydrogens (tertiary/aromatic N) is 3. The summed E-state index contributed by atoms with van der Waals surface area (Å²) in [6.07, 6.45) is -0.923. The maximum absolute atomic E-state index is 12.3. The SMILES string of the molecule is CCOc1c(C2OC(C)O2)nc(-c2ccc(NC(=O)Nc3ccccc3)cc2)nc1N1CCOCC1. The quantitative estimate of drug-likeness (QED) is 0.500. The molecule has 0 spiro atoms. The number of carbonyl (C=O) groups is 1. The van der Waals surface area contributed by atoms with E-state index in [1.54, 1.807) is 0 Å². The molecule has 0 bridgehead atoms. The fraction of sp³-hybridized carbons (Fsp3) is 0.346. The van der Waals surface area contributed by atoms with Crippen LogP contribution >= 0.6 is 0 Å². The Morgan fingerprint density at radius 1 is 1.00 bits per heavy atom. The number of carbonyl (C=O) groups excluding carboxylic acids is 1. The smallest absolute Gasteiger partial charge is 0.323 e. The largest absolute Gasteiger partial charge is 0.488 e. The van der Waals surface area contributed by atoms with Crippen molar-refractivity contribution >= 4 is 23.2 Å². The van der Waals surface area contributed by atoms with E-state index in [0.29, 0.717) is 67.4 Å². The Hall–Kier alpha value is -3.73. The molecule has 1 aromatic heterocycles. The fourth-order valence-electron chi connectivity index (χ4n) is 4.02. The Labute approximate surface area is 209 Å². The number of hydrogen-bond acceptors (Lipinski definition) is 8. The molecule has 36 heavy (non-hydrogen) atoms. The second kappa shape index (κ2) is 10.9. The van der Waals surface area contributed by atoms with Gasteiger partial charge in [0.25, 0.3) is 0 Å². The minimum atomic E-state index is -0.620. The van der Waals surface area contributed by atoms with Crippen molar-refractivity contribution in [3.63, 3.8) is 0 Å². The van der Waals surface area contributed by atoms with Crippen LogP contribution in [0.1, 0.15) is 25.8 Å². The first-order valence-corrected chi connectivity index (χ1v) is 12.0. The van der Waals surface area contributed by atoms with Crippen molar-refractivity contribution in [3.05, 3.63) is 60.3 Å². The summed E-state index contributed by atoms with van der Waals surface area (Å²) in [6, 6.07) is 16.3. The van der Waals surface area contributed by atoms with E-state index in [1.807, 2.05) is 68.4 Å². The normalized spacial score (nSPS) is 19.3. The highest BCUT2D eigenvalue weighted by molar-refractivity contribution is 5.99. The molecule has 2 aliphatic rings. The molecule has 2 fully saturated rings. The third kappa shape index (κ3) is 5.40. The van der Waals surface area contributed by atoms with Crippen LogP contribution in [0, 0.1) is 0 Å². The summed E-state index contributed by atoms with van der Waals surface area (Å²) in [4.78, 5) is 24.1. The Morgan fingerprint density at radius 2 is 1.67 bits per heavy atom. The van der Waals surface area contributed by atoms with Crippen LogP contribution in [0.4, 0.5) is 22.0 Å². The number of nitrogens with one attached hydrogen (secondary N) is 2. The molecule has 0 aliphatic carbocycles. The van der Waals surface area contributed by atoms with Gasteiger partial charge in [-0.2, -0.15) is 0 Å². The maximum Gasteiger partial charge on any atom is 0.323 e. The van der Waals surface area contributed by atoms with Crippen molar-refractivity contribution in [2.75, 3.05) is 48.4 Å². The van der Waals surface area contributed by atoms with Gasteiger partial charge in [0.05, 0.1) is 19.8 Å². The van der Waals surface area contributed by atoms with Gasteiger partial charge in [0.1, 0.15) is 5.69 Å². The summed E-state index contributed by atoms with van der Waals surface area (Å²) in [7, 11) is 0. The number of hydrogen-bond donors (Lipinski definition) is 2. The molecular weight excluding hydrogens is 462 g/mol. The zero-order valence-electron chi connectivity index (χ0n) is 20.3. The highest BCUT2D eigenvalue weighted by Gasteiger charge is 2.36. The summed E-state index contributed by atoms with van der Waals surface area (Å²) in [5.41, 5.74) is 2.71. The van der Waals surface area contributed by atoms with Crippen molar-refractivity contribution < 1.29 is 23.7 Å². The van der Waals surface area contributed by atoms with E-state index in [2.05, 4.69) is 15.5 Å². The van der Waals surface area contributed by atoms with Gasteiger partial charge in [-0.05, 0) is 50.2 Å². The molecule has 0 saturated carbocycles. The van der Waals surface area contributed by atoms with Gasteiger partial charge in [-0.25, -0.2) is 14.8 Å². The number of rotatable bonds is 7. The van der Waals surface area contributed by atoms with Gasteiger partial charge in [0, 0.05) is 30.0 Å². The van der Waals surface area contributed by atoms with Gasteiger partial charge in [0.2, 0.25) is 6.29 Å². The second-order valence-corrected chi connectivity index (χ2v) is 8.31. The standard InChI is InChI=1S/C26H29N5O5/c1-3-34-22-21(25-35-17(2)36-25)29-23(30-24(22)31-13-15-33-16-14-31)18-9-11-20(12-10-18)28-26(32)27-19-7-5-4-6-8-19/h4-12,17,25H,3,13-16H2,1-2H3,(H2,27,28,32). The molecule has 2 aromatic carbocycles. The minimum Gasteiger partial charge on any atom is -0.488 e. The molecule has 3 aromatic rings. The second-order valence-electron chi connectivity index (χ2n) is 8.31. The summed E-state index contributed by atoms with van der Waals surface area (Å²) in [5, 5.41) is 5.64. The van der Waals surface area contributed by atoms with Gasteiger partial charge in [-0.1, -0.05) is 18.2 Å². The fourth-order valence-corrected chi connectivity index (χ4v) is 4.02. The van der Waals surface area contributed by atoms with Gasteiger partial charge in [-0.15, -0.1) is 0 Å². The first kappa shape index (κ1) is 24.0. The molecule has 2 aliphatic heterocycles. The third-order valence-electron chi connectivity index (χ3n) is 5.76. The summed E-state index contributed by atoms with van der Waals surface area (Å²) >= 11 is 0. The molecule has 10 nitrogen and oxygen atoms in total. The van der Waals surface area contributed by atoms with Gasteiger partial charge < -0.3 is 34.5 Å². The topological polar surface area (TPSA) is 107 Å². The van der Waals surface area contributed by atoms with Crippen LogP contribution in [0.2, 0.25) is 0 Å². The Balaban J connectivity index is 1.41. The lowest BCUT2D eigenvalue weighted by molar-refractivity contribution is -0.384. The molecule has 188 valence electrons. The van der Waals surface area contributed by atoms with Crippen LogP contribution in [0.3, 0.4) is 0 Å². The van der Waals surface area contributed by atoms with E-state index in [4.69, 9.17) is 28.9 Å². The summed E-state index contributed by atoms with van der Waals surface area (Å²) in [6.45, 7) is 6.82. The number of amides is 2. The number of anilines is 3. The van der Waals surface area contributed by atoms with Crippen LogP contribution in [0.5, 0.6) is 5.75 Å². The average Bonchev–Trinajstić information content (AvgIpc) is 2.89. The molecule has 0 atom stereocenters. The van der Waals surface area contributed by atoms with E-state index >= 15 is 0 Å². The molecule has 0 radical (unpaired) electrons. The van der Waals surface area contributed by atoms with Crippen molar-refractivity contribution in [2.45, 2.75) is 26.4 Å². The monoisotopic (exact) mass is 491 g/mol. The number of urea groups is 1. The van der Waals surface area contributed by atoms with Crippen molar-refractivity contribution in [2.24, 2.45) is 0 Å². The number of benzene rings is 2. The van der Waals surface area contributed by atoms with E-state index in [1.165, 1.54) is 0 Å². The van der Waals surface area contributed by atoms with E-state index < -0.39 is 6.29 Å². The summed E-state index contributed by atoms with van der Waals surface area (Å²) < 4.78 is 23.1. The number of morpholine rings is 1. The van der Waals surface area contributed by atoms with Gasteiger partial charge >= 0.3 is 6.03 Å². The van der Waals surface area contributed by atoms with Crippen LogP contribution in [-0.4, -0.2) is 55.2 Å². The minimum absolute atomic E-state index is 0.304. The molecule has 10 heteroatoms. The van der Waals surface area contributed by atoms with E-state index in [9.17, 15) is 4.79 Å². The predicted molar refractivity (Wildman–Crippen MR) is 135 cm³/mol. The zero-order valence-corrected chi connectivity index (χ0v) is 20.3. The first-order valence-electron chi connectivity index (χ1n) is 12.0. The summed E-state index contributed by atoms with van der Waals surface area (Å²) in [5.74, 6) is 1.77. The highest BCUT2D eigenvalue weighted by atomic mass is 16.9. The molecule has 0 unspecified atom stereocenters. The molecule has 2 N–H and O–H groups in total. The van der Waals surface area contributed by atoms with Gasteiger partial charge in [0.15, 0.2) is 23.7 Å². The maximum atomic E-state index is 12.3. The average molecular weight is 492 g/mol. The molecular formula is C26H29N5O5. The molecule has 3 heterocycles. The zero-order chi connectivity index (χ0) is 24.9. The van der Waals surface area contributed by atoms with Crippen molar-refractivity contribution in [1.29, 1.82) is 0 Å². The molecule has 5 rings (SSSR count). The molecule has 2 amide bonds. The van der Waals surface area contributed by atoms with Crippen LogP contribution in [-0.2, 0) is 14.2 Å². The Morgan fingerprint density at radius 3 is 2.31 bits per heavy atom. The van der Waals surface area contributed by atoms with E-state index in [0.717, 1.165) is 5.56 Å².